The molecule has 14 heteroatoms. The highest BCUT2D eigenvalue weighted by atomic mass is 16.5. The highest BCUT2D eigenvalue weighted by Crippen LogP contribution is 2.47. The average Bonchev–Trinajstić information content (AvgIpc) is 3.84. The number of carboxylic acids is 2. The van der Waals surface area contributed by atoms with E-state index in [-0.39, 0.29) is 29.1 Å². The zero-order valence-electron chi connectivity index (χ0n) is 31.9. The summed E-state index contributed by atoms with van der Waals surface area (Å²) in [6, 6.07) is 10.5. The number of benzene rings is 2. The number of carbonyl (C=O) groups is 2. The Morgan fingerprint density at radius 2 is 1.22 bits per heavy atom. The van der Waals surface area contributed by atoms with Crippen molar-refractivity contribution in [3.05, 3.63) is 91.5 Å². The molecule has 0 radical (unpaired) electrons. The van der Waals surface area contributed by atoms with Gasteiger partial charge in [-0.3, -0.25) is 9.59 Å². The number of likely N-dealkylation sites (tertiary alicyclic amines) is 1. The van der Waals surface area contributed by atoms with Crippen molar-refractivity contribution >= 4 is 11.9 Å². The monoisotopic (exact) mass is 744 g/mol. The molecular formula is C40H48N4O10. The normalized spacial score (nSPS) is 18.1. The minimum atomic E-state index is -1.21. The largest absolute Gasteiger partial charge is 0.493 e. The van der Waals surface area contributed by atoms with E-state index in [2.05, 4.69) is 10.2 Å². The standard InChI is InChI=1S/C20H24N2O5.C18H18N2O5.C2H6/c1-12-7-18(26-3)19(27-4)8-14(12)16-9-17(23)15(20(24)25)11-22(16)13-5-6-21(2)10-13;1-24-16-3-9-10(4-17(16)25-2)13-5-15(21)12(18(22)23)8-20(13)14-7-19-6-11(9)14;1-2/h7-9,11,13H,5-6,10H2,1-4H3,(H,24,25);3-5,8,11,14,19H,6-7H2,1-2H3,(H,22,23);1-2H3. The van der Waals surface area contributed by atoms with Crippen molar-refractivity contribution in [2.45, 2.75) is 45.2 Å². The quantitative estimate of drug-likeness (QED) is 0.223. The lowest BCUT2D eigenvalue weighted by atomic mass is 9.84. The number of aromatic carboxylic acids is 2. The fourth-order valence-corrected chi connectivity index (χ4v) is 7.52. The molecule has 0 saturated carbocycles. The number of ether oxygens (including phenoxy) is 4. The molecule has 3 aliphatic heterocycles. The van der Waals surface area contributed by atoms with E-state index >= 15 is 0 Å². The molecule has 2 aromatic heterocycles. The minimum absolute atomic E-state index is 0.0549. The maximum absolute atomic E-state index is 12.4. The molecule has 14 nitrogen and oxygen atoms in total. The summed E-state index contributed by atoms with van der Waals surface area (Å²) in [6.07, 6.45) is 3.82. The molecule has 0 bridgehead atoms. The third-order valence-corrected chi connectivity index (χ3v) is 10.2. The molecule has 0 amide bonds. The number of nitrogens with zero attached hydrogens (tertiary/aromatic N) is 3. The van der Waals surface area contributed by atoms with Gasteiger partial charge in [-0.15, -0.1) is 0 Å². The summed E-state index contributed by atoms with van der Waals surface area (Å²) in [5.41, 5.74) is 3.64. The van der Waals surface area contributed by atoms with Crippen molar-refractivity contribution in [3.8, 4) is 45.5 Å². The van der Waals surface area contributed by atoms with E-state index in [0.717, 1.165) is 48.3 Å². The van der Waals surface area contributed by atoms with Gasteiger partial charge >= 0.3 is 11.9 Å². The van der Waals surface area contributed by atoms with Crippen molar-refractivity contribution in [3.63, 3.8) is 0 Å². The van der Waals surface area contributed by atoms with Gasteiger partial charge in [0, 0.05) is 67.2 Å². The highest BCUT2D eigenvalue weighted by Gasteiger charge is 2.38. The van der Waals surface area contributed by atoms with Gasteiger partial charge in [0.2, 0.25) is 0 Å². The van der Waals surface area contributed by atoms with Crippen LogP contribution in [-0.4, -0.2) is 97.9 Å². The fraction of sp³-hybridized carbons (Fsp3) is 0.400. The third-order valence-electron chi connectivity index (χ3n) is 10.2. The van der Waals surface area contributed by atoms with Gasteiger partial charge in [0.1, 0.15) is 11.1 Å². The van der Waals surface area contributed by atoms with Gasteiger partial charge in [-0.1, -0.05) is 13.8 Å². The topological polar surface area (TPSA) is 171 Å². The number of fused-ring (bicyclic) bond motifs is 6. The molecular weight excluding hydrogens is 696 g/mol. The molecule has 54 heavy (non-hydrogen) atoms. The van der Waals surface area contributed by atoms with Crippen LogP contribution in [0.25, 0.3) is 22.5 Å². The first-order valence-electron chi connectivity index (χ1n) is 17.8. The summed E-state index contributed by atoms with van der Waals surface area (Å²) < 4.78 is 25.4. The van der Waals surface area contributed by atoms with E-state index in [4.69, 9.17) is 18.9 Å². The molecule has 288 valence electrons. The molecule has 2 fully saturated rings. The van der Waals surface area contributed by atoms with Crippen LogP contribution < -0.4 is 35.1 Å². The molecule has 3 unspecified atom stereocenters. The zero-order valence-corrected chi connectivity index (χ0v) is 31.9. The average molecular weight is 745 g/mol. The third kappa shape index (κ3) is 7.44. The predicted molar refractivity (Wildman–Crippen MR) is 204 cm³/mol. The number of nitrogens with one attached hydrogen (secondary N) is 1. The van der Waals surface area contributed by atoms with Gasteiger partial charge in [-0.25, -0.2) is 9.59 Å². The molecule has 0 aliphatic carbocycles. The summed E-state index contributed by atoms with van der Waals surface area (Å²) >= 11 is 0. The Kier molecular flexibility index (Phi) is 12.2. The van der Waals surface area contributed by atoms with Crippen LogP contribution in [0, 0.1) is 6.92 Å². The van der Waals surface area contributed by atoms with Gasteiger partial charge in [0.15, 0.2) is 33.9 Å². The minimum Gasteiger partial charge on any atom is -0.493 e. The van der Waals surface area contributed by atoms with Crippen molar-refractivity contribution in [1.82, 2.24) is 19.4 Å². The Morgan fingerprint density at radius 1 is 0.722 bits per heavy atom. The fourth-order valence-electron chi connectivity index (χ4n) is 7.52. The number of methoxy groups -OCH3 is 4. The van der Waals surface area contributed by atoms with Gasteiger partial charge in [0.05, 0.1) is 45.9 Å². The van der Waals surface area contributed by atoms with Crippen LogP contribution in [0.15, 0.2) is 58.4 Å². The van der Waals surface area contributed by atoms with Crippen molar-refractivity contribution in [2.75, 3.05) is 61.7 Å². The Morgan fingerprint density at radius 3 is 1.74 bits per heavy atom. The second-order valence-electron chi connectivity index (χ2n) is 13.2. The van der Waals surface area contributed by atoms with E-state index in [1.165, 1.54) is 24.5 Å². The van der Waals surface area contributed by atoms with Crippen LogP contribution in [-0.2, 0) is 0 Å². The highest BCUT2D eigenvalue weighted by molar-refractivity contribution is 5.88. The molecule has 7 rings (SSSR count). The van der Waals surface area contributed by atoms with Crippen LogP contribution in [0.3, 0.4) is 0 Å². The Labute approximate surface area is 313 Å². The molecule has 2 saturated heterocycles. The second-order valence-corrected chi connectivity index (χ2v) is 13.2. The summed E-state index contributed by atoms with van der Waals surface area (Å²) in [6.45, 7) is 9.14. The number of likely N-dealkylation sites (N-methyl/N-ethyl adjacent to an activating group) is 1. The van der Waals surface area contributed by atoms with Crippen LogP contribution in [0.4, 0.5) is 0 Å². The van der Waals surface area contributed by atoms with Gasteiger partial charge in [-0.2, -0.15) is 0 Å². The molecule has 4 aromatic rings. The van der Waals surface area contributed by atoms with Crippen LogP contribution in [0.5, 0.6) is 23.0 Å². The number of hydrogen-bond donors (Lipinski definition) is 3. The molecule has 3 N–H and O–H groups in total. The summed E-state index contributed by atoms with van der Waals surface area (Å²) in [5, 5.41) is 22.0. The summed E-state index contributed by atoms with van der Waals surface area (Å²) in [4.78, 5) is 49.7. The van der Waals surface area contributed by atoms with Gasteiger partial charge < -0.3 is 48.5 Å². The molecule has 3 aliphatic rings. The zero-order chi connectivity index (χ0) is 39.4. The van der Waals surface area contributed by atoms with Crippen LogP contribution in [0.1, 0.15) is 70.1 Å². The number of carboxylic acid groups (broad SMARTS) is 2. The molecule has 3 atom stereocenters. The van der Waals surface area contributed by atoms with E-state index in [1.54, 1.807) is 28.4 Å². The van der Waals surface area contributed by atoms with Crippen LogP contribution in [0.2, 0.25) is 0 Å². The van der Waals surface area contributed by atoms with Crippen molar-refractivity contribution in [2.24, 2.45) is 0 Å². The van der Waals surface area contributed by atoms with Crippen LogP contribution >= 0.6 is 0 Å². The maximum Gasteiger partial charge on any atom is 0.341 e. The molecule has 0 spiro atoms. The van der Waals surface area contributed by atoms with E-state index in [0.29, 0.717) is 40.9 Å². The van der Waals surface area contributed by atoms with E-state index in [9.17, 15) is 29.4 Å². The SMILES string of the molecule is CC.COc1cc(C)c(-c2cc(=O)c(C(=O)O)cn2C2CCN(C)C2)cc1OC.COc1cc2c(cc1OC)C1CNCC1n1cc(C(=O)O)c(=O)cc1-2. The number of pyridine rings is 2. The maximum atomic E-state index is 12.4. The number of aromatic nitrogens is 2. The van der Waals surface area contributed by atoms with Gasteiger partial charge in [0.25, 0.3) is 0 Å². The number of aryl methyl sites for hydroxylation is 1. The first-order valence-corrected chi connectivity index (χ1v) is 17.8. The Balaban J connectivity index is 0.000000199. The van der Waals surface area contributed by atoms with Gasteiger partial charge in [-0.05, 0) is 62.3 Å². The first-order chi connectivity index (χ1) is 25.9. The van der Waals surface area contributed by atoms with E-state index < -0.39 is 22.8 Å². The molecule has 2 aromatic carbocycles. The Hall–Kier alpha value is -5.60. The number of rotatable bonds is 8. The smallest absolute Gasteiger partial charge is 0.341 e. The van der Waals surface area contributed by atoms with Crippen molar-refractivity contribution < 1.29 is 38.7 Å². The summed E-state index contributed by atoms with van der Waals surface area (Å²) in [5.74, 6) is 0.137. The lowest BCUT2D eigenvalue weighted by molar-refractivity contribution is 0.0683. The number of hydrogen-bond acceptors (Lipinski definition) is 10. The second kappa shape index (κ2) is 16.6. The van der Waals surface area contributed by atoms with E-state index in [1.807, 2.05) is 61.2 Å². The lowest BCUT2D eigenvalue weighted by Gasteiger charge is -2.33. The lowest BCUT2D eigenvalue weighted by Crippen LogP contribution is -2.28. The Bertz CT molecular complexity index is 2180. The predicted octanol–water partition coefficient (Wildman–Crippen LogP) is 4.91. The first kappa shape index (κ1) is 39.6. The summed E-state index contributed by atoms with van der Waals surface area (Å²) in [7, 11) is 8.32. The van der Waals surface area contributed by atoms with Crippen molar-refractivity contribution in [1.29, 1.82) is 0 Å². The molecule has 5 heterocycles.